The summed E-state index contributed by atoms with van der Waals surface area (Å²) in [7, 11) is 0. The molecule has 0 bridgehead atoms. The molecule has 0 aromatic rings. The number of hydrogen-bond acceptors (Lipinski definition) is 6. The topological polar surface area (TPSA) is 78.9 Å². The van der Waals surface area contributed by atoms with E-state index in [-0.39, 0.29) is 44.0 Å². The van der Waals surface area contributed by atoms with Crippen molar-refractivity contribution in [1.82, 2.24) is 0 Å². The fourth-order valence-electron chi connectivity index (χ4n) is 7.62. The molecule has 0 aliphatic carbocycles. The van der Waals surface area contributed by atoms with Crippen LogP contribution in [-0.2, 0) is 28.6 Å². The van der Waals surface area contributed by atoms with E-state index in [2.05, 4.69) is 142 Å². The van der Waals surface area contributed by atoms with Crippen LogP contribution in [0.25, 0.3) is 0 Å². The number of carbonyl (C=O) groups excluding carboxylic acids is 3. The quantitative estimate of drug-likeness (QED) is 0.0261. The minimum Gasteiger partial charge on any atom is -0.462 e. The molecule has 72 heavy (non-hydrogen) atoms. The van der Waals surface area contributed by atoms with Gasteiger partial charge in [-0.05, 0) is 96.3 Å². The van der Waals surface area contributed by atoms with Gasteiger partial charge < -0.3 is 14.2 Å². The fourth-order valence-corrected chi connectivity index (χ4v) is 7.62. The molecule has 6 heteroatoms. The Hall–Kier alpha value is -4.45. The monoisotopic (exact) mass is 995 g/mol. The lowest BCUT2D eigenvalue weighted by Crippen LogP contribution is -2.30. The van der Waals surface area contributed by atoms with Crippen LogP contribution in [0.15, 0.2) is 134 Å². The predicted molar refractivity (Wildman–Crippen MR) is 311 cm³/mol. The Morgan fingerprint density at radius 2 is 0.569 bits per heavy atom. The van der Waals surface area contributed by atoms with Gasteiger partial charge in [-0.1, -0.05) is 264 Å². The number of ether oxygens (including phenoxy) is 3. The van der Waals surface area contributed by atoms with Crippen molar-refractivity contribution >= 4 is 17.9 Å². The first kappa shape index (κ1) is 67.5. The largest absolute Gasteiger partial charge is 0.462 e. The van der Waals surface area contributed by atoms with E-state index in [1.54, 1.807) is 0 Å². The smallest absolute Gasteiger partial charge is 0.306 e. The van der Waals surface area contributed by atoms with Gasteiger partial charge in [0.25, 0.3) is 0 Å². The van der Waals surface area contributed by atoms with Crippen molar-refractivity contribution in [3.05, 3.63) is 134 Å². The molecule has 0 fully saturated rings. The molecule has 0 spiro atoms. The first-order valence-corrected chi connectivity index (χ1v) is 29.2. The van der Waals surface area contributed by atoms with Gasteiger partial charge in [0.15, 0.2) is 6.10 Å². The van der Waals surface area contributed by atoms with Gasteiger partial charge in [-0.2, -0.15) is 0 Å². The standard InChI is InChI=1S/C66H106O6/c1-4-7-10-13-16-19-22-25-28-31-33-36-38-41-44-47-50-53-56-59-65(68)71-62-63(61-70-64(67)58-55-52-49-46-43-40-37-34-30-27-24-21-18-15-12-9-6-3)72-66(69)60-57-54-51-48-45-42-39-35-32-29-26-23-20-17-14-11-8-5-2/h7,9-10,12,16,18-19,21,25,27-28,30,33,36-37,40-41,44,46,49-50,53,63H,4-6,8,11,13-15,17,20,22-24,26,29,31-32,34-35,38-39,42-43,45,47-48,51-52,54-62H2,1-3H3/b10-7+,12-9+,19-16+,21-18+,28-25+,30-27+,36-33+,40-37+,44-41+,49-46+,53-50+/t63-/m1/s1. The number of carbonyl (C=O) groups is 3. The molecular formula is C66H106O6. The normalized spacial score (nSPS) is 13.1. The van der Waals surface area contributed by atoms with Gasteiger partial charge in [0.05, 0.1) is 0 Å². The summed E-state index contributed by atoms with van der Waals surface area (Å²) < 4.78 is 16.8. The zero-order valence-electron chi connectivity index (χ0n) is 46.4. The number of rotatable bonds is 51. The highest BCUT2D eigenvalue weighted by Crippen LogP contribution is 2.15. The maximum absolute atomic E-state index is 12.9. The SMILES string of the molecule is CC/C=C/C/C=C/C/C=C/C/C=C/C/C=C/C/C=C/CCC(=O)OC[C@@H](COC(=O)CCC/C=C/C/C=C/C/C=C/C/C=C/C/C=C/CC)OC(=O)CCCCCCCCCCCCCCCCCCCC. The van der Waals surface area contributed by atoms with Crippen LogP contribution in [0.3, 0.4) is 0 Å². The second kappa shape index (κ2) is 59.1. The van der Waals surface area contributed by atoms with E-state index in [1.165, 1.54) is 96.3 Å². The molecule has 0 N–H and O–H groups in total. The van der Waals surface area contributed by atoms with E-state index in [1.807, 2.05) is 12.2 Å². The molecule has 0 radical (unpaired) electrons. The summed E-state index contributed by atoms with van der Waals surface area (Å²) in [6.07, 6.45) is 83.2. The van der Waals surface area contributed by atoms with Crippen LogP contribution in [0.5, 0.6) is 0 Å². The minimum absolute atomic E-state index is 0.133. The van der Waals surface area contributed by atoms with Crippen molar-refractivity contribution in [3.63, 3.8) is 0 Å². The van der Waals surface area contributed by atoms with Crippen LogP contribution in [0.1, 0.15) is 245 Å². The molecule has 0 aliphatic heterocycles. The highest BCUT2D eigenvalue weighted by Gasteiger charge is 2.19. The molecule has 406 valence electrons. The van der Waals surface area contributed by atoms with Gasteiger partial charge in [-0.25, -0.2) is 0 Å². The summed E-state index contributed by atoms with van der Waals surface area (Å²) in [4.78, 5) is 38.2. The Morgan fingerprint density at radius 1 is 0.292 bits per heavy atom. The first-order valence-electron chi connectivity index (χ1n) is 29.2. The van der Waals surface area contributed by atoms with Gasteiger partial charge in [-0.3, -0.25) is 14.4 Å². The second-order valence-electron chi connectivity index (χ2n) is 18.8. The molecule has 1 atom stereocenters. The van der Waals surface area contributed by atoms with Crippen molar-refractivity contribution in [2.24, 2.45) is 0 Å². The van der Waals surface area contributed by atoms with E-state index in [0.717, 1.165) is 96.3 Å². The zero-order chi connectivity index (χ0) is 52.2. The van der Waals surface area contributed by atoms with E-state index < -0.39 is 6.10 Å². The molecular weight excluding hydrogens is 889 g/mol. The molecule has 0 saturated heterocycles. The van der Waals surface area contributed by atoms with Gasteiger partial charge in [0, 0.05) is 19.3 Å². The third kappa shape index (κ3) is 56.5. The Bertz CT molecular complexity index is 1560. The van der Waals surface area contributed by atoms with E-state index in [4.69, 9.17) is 14.2 Å². The summed E-state index contributed by atoms with van der Waals surface area (Å²) in [5, 5.41) is 0. The lowest BCUT2D eigenvalue weighted by atomic mass is 10.0. The minimum atomic E-state index is -0.835. The summed E-state index contributed by atoms with van der Waals surface area (Å²) >= 11 is 0. The lowest BCUT2D eigenvalue weighted by Gasteiger charge is -2.18. The average Bonchev–Trinajstić information content (AvgIpc) is 3.38. The molecule has 0 amide bonds. The van der Waals surface area contributed by atoms with E-state index in [9.17, 15) is 14.4 Å². The molecule has 0 aromatic heterocycles. The van der Waals surface area contributed by atoms with Crippen LogP contribution in [-0.4, -0.2) is 37.2 Å². The molecule has 0 aromatic carbocycles. The Morgan fingerprint density at radius 3 is 0.917 bits per heavy atom. The highest BCUT2D eigenvalue weighted by molar-refractivity contribution is 5.71. The zero-order valence-corrected chi connectivity index (χ0v) is 46.4. The Labute approximate surface area is 443 Å². The summed E-state index contributed by atoms with van der Waals surface area (Å²) in [5.74, 6) is -1.07. The third-order valence-corrected chi connectivity index (χ3v) is 11.9. The van der Waals surface area contributed by atoms with Crippen molar-refractivity contribution < 1.29 is 28.6 Å². The summed E-state index contributed by atoms with van der Waals surface area (Å²) in [6, 6.07) is 0. The molecule has 0 saturated carbocycles. The van der Waals surface area contributed by atoms with Crippen molar-refractivity contribution in [2.45, 2.75) is 252 Å². The van der Waals surface area contributed by atoms with Gasteiger partial charge in [0.1, 0.15) is 13.2 Å². The predicted octanol–water partition coefficient (Wildman–Crippen LogP) is 19.8. The number of hydrogen-bond donors (Lipinski definition) is 0. The van der Waals surface area contributed by atoms with Crippen LogP contribution in [0.4, 0.5) is 0 Å². The number of esters is 3. The second-order valence-corrected chi connectivity index (χ2v) is 18.8. The Kier molecular flexibility index (Phi) is 55.5. The maximum atomic E-state index is 12.9. The first-order chi connectivity index (χ1) is 35.5. The third-order valence-electron chi connectivity index (χ3n) is 11.9. The Balaban J connectivity index is 4.58. The average molecular weight is 996 g/mol. The molecule has 6 nitrogen and oxygen atoms in total. The fraction of sp³-hybridized carbons (Fsp3) is 0.621. The van der Waals surface area contributed by atoms with Crippen LogP contribution >= 0.6 is 0 Å². The molecule has 0 heterocycles. The molecule has 0 rings (SSSR count). The number of unbranched alkanes of at least 4 members (excludes halogenated alkanes) is 18. The number of allylic oxidation sites excluding steroid dienone is 22. The lowest BCUT2D eigenvalue weighted by molar-refractivity contribution is -0.166. The van der Waals surface area contributed by atoms with Gasteiger partial charge in [0.2, 0.25) is 0 Å². The molecule has 0 aliphatic rings. The van der Waals surface area contributed by atoms with Crippen molar-refractivity contribution in [1.29, 1.82) is 0 Å². The van der Waals surface area contributed by atoms with Gasteiger partial charge in [-0.15, -0.1) is 0 Å². The van der Waals surface area contributed by atoms with Crippen LogP contribution in [0, 0.1) is 0 Å². The van der Waals surface area contributed by atoms with Gasteiger partial charge >= 0.3 is 17.9 Å². The summed E-state index contributed by atoms with van der Waals surface area (Å²) in [5.41, 5.74) is 0. The molecule has 0 unspecified atom stereocenters. The van der Waals surface area contributed by atoms with Crippen molar-refractivity contribution in [2.75, 3.05) is 13.2 Å². The van der Waals surface area contributed by atoms with Crippen LogP contribution in [0.2, 0.25) is 0 Å². The summed E-state index contributed by atoms with van der Waals surface area (Å²) in [6.45, 7) is 6.30. The van der Waals surface area contributed by atoms with E-state index >= 15 is 0 Å². The maximum Gasteiger partial charge on any atom is 0.306 e. The van der Waals surface area contributed by atoms with Crippen molar-refractivity contribution in [3.8, 4) is 0 Å². The van der Waals surface area contributed by atoms with Crippen LogP contribution < -0.4 is 0 Å². The highest BCUT2D eigenvalue weighted by atomic mass is 16.6. The van der Waals surface area contributed by atoms with E-state index in [0.29, 0.717) is 19.3 Å².